The van der Waals surface area contributed by atoms with E-state index in [9.17, 15) is 0 Å². The number of nitrogens with two attached hydrogens (primary N) is 1. The number of nitrogens with one attached hydrogen (secondary N) is 1. The number of aliphatic hydroxyl groups excluding tert-OH is 1. The van der Waals surface area contributed by atoms with E-state index < -0.39 is 0 Å². The summed E-state index contributed by atoms with van der Waals surface area (Å²) < 4.78 is 0. The second-order valence-electron chi connectivity index (χ2n) is 2.78. The van der Waals surface area contributed by atoms with Crippen molar-refractivity contribution in [2.45, 2.75) is 19.4 Å². The third-order valence-electron chi connectivity index (χ3n) is 1.72. The van der Waals surface area contributed by atoms with Crippen molar-refractivity contribution in [1.29, 1.82) is 5.41 Å². The van der Waals surface area contributed by atoms with Crippen molar-refractivity contribution in [1.82, 2.24) is 4.90 Å². The molecule has 0 aromatic rings. The number of likely N-dealkylation sites (N-methyl/N-ethyl adjacent to an activating group) is 1. The fourth-order valence-corrected chi connectivity index (χ4v) is 0.852. The lowest BCUT2D eigenvalue weighted by atomic mass is 10.2. The maximum Gasteiger partial charge on any atom is 0.0920 e. The lowest BCUT2D eigenvalue weighted by molar-refractivity contribution is 0.190. The number of hydrogen-bond acceptors (Lipinski definition) is 3. The van der Waals surface area contributed by atoms with Crippen LogP contribution in [0, 0.1) is 5.41 Å². The number of aliphatic hydroxyl groups is 1. The summed E-state index contributed by atoms with van der Waals surface area (Å²) in [5.41, 5.74) is 5.22. The Labute approximate surface area is 67.5 Å². The molecule has 0 heterocycles. The molecule has 0 aromatic heterocycles. The van der Waals surface area contributed by atoms with Crippen molar-refractivity contribution in [2.75, 3.05) is 20.2 Å². The van der Waals surface area contributed by atoms with Gasteiger partial charge in [0.1, 0.15) is 0 Å². The molecule has 0 aliphatic heterocycles. The van der Waals surface area contributed by atoms with E-state index >= 15 is 0 Å². The summed E-state index contributed by atoms with van der Waals surface area (Å²) in [4.78, 5) is 1.97. The molecule has 4 N–H and O–H groups in total. The van der Waals surface area contributed by atoms with Crippen LogP contribution in [0.2, 0.25) is 0 Å². The van der Waals surface area contributed by atoms with E-state index in [1.165, 1.54) is 0 Å². The number of nitrogens with zero attached hydrogens (tertiary/aromatic N) is 1. The summed E-state index contributed by atoms with van der Waals surface area (Å²) in [7, 11) is 1.91. The molecule has 0 aromatic carbocycles. The minimum absolute atomic E-state index is 0.152. The fourth-order valence-electron chi connectivity index (χ4n) is 0.852. The summed E-state index contributed by atoms with van der Waals surface area (Å²) in [6, 6.07) is 0.236. The molecular formula is C7H17N3O. The van der Waals surface area contributed by atoms with Crippen LogP contribution in [0.15, 0.2) is 0 Å². The van der Waals surface area contributed by atoms with Crippen LogP contribution in [0.4, 0.5) is 0 Å². The zero-order valence-electron chi connectivity index (χ0n) is 7.17. The summed E-state index contributed by atoms with van der Waals surface area (Å²) in [5.74, 6) is 0.197. The molecule has 0 saturated carbocycles. The topological polar surface area (TPSA) is 73.3 Å². The van der Waals surface area contributed by atoms with Gasteiger partial charge in [0, 0.05) is 19.0 Å². The lowest BCUT2D eigenvalue weighted by Gasteiger charge is -2.22. The first-order chi connectivity index (χ1) is 5.07. The van der Waals surface area contributed by atoms with Crippen LogP contribution in [0.5, 0.6) is 0 Å². The number of hydrogen-bond donors (Lipinski definition) is 3. The van der Waals surface area contributed by atoms with Gasteiger partial charge in [-0.3, -0.25) is 5.41 Å². The molecule has 0 rings (SSSR count). The van der Waals surface area contributed by atoms with Crippen molar-refractivity contribution in [2.24, 2.45) is 5.73 Å². The molecule has 0 spiro atoms. The molecule has 11 heavy (non-hydrogen) atoms. The largest absolute Gasteiger partial charge is 0.395 e. The molecule has 4 heteroatoms. The van der Waals surface area contributed by atoms with Crippen LogP contribution >= 0.6 is 0 Å². The molecule has 4 nitrogen and oxygen atoms in total. The normalized spacial score (nSPS) is 13.5. The zero-order chi connectivity index (χ0) is 8.85. The standard InChI is InChI=1S/C7H17N3O/c1-6(5-7(8)9)10(2)3-4-11/h6,11H,3-5H2,1-2H3,(H3,8,9). The Hall–Kier alpha value is -0.610. The first-order valence-electron chi connectivity index (χ1n) is 3.72. The van der Waals surface area contributed by atoms with Gasteiger partial charge in [-0.1, -0.05) is 0 Å². The SMILES string of the molecule is CC(CC(=N)N)N(C)CCO. The zero-order valence-corrected chi connectivity index (χ0v) is 7.17. The van der Waals surface area contributed by atoms with Crippen LogP contribution in [0.25, 0.3) is 0 Å². The molecule has 1 atom stereocenters. The molecule has 0 bridgehead atoms. The summed E-state index contributed by atoms with van der Waals surface area (Å²) >= 11 is 0. The van der Waals surface area contributed by atoms with E-state index in [0.29, 0.717) is 13.0 Å². The summed E-state index contributed by atoms with van der Waals surface area (Å²) in [5, 5.41) is 15.6. The second kappa shape index (κ2) is 5.09. The van der Waals surface area contributed by atoms with Crippen molar-refractivity contribution in [3.8, 4) is 0 Å². The minimum atomic E-state index is 0.152. The molecule has 0 fully saturated rings. The number of amidine groups is 1. The van der Waals surface area contributed by atoms with E-state index in [1.54, 1.807) is 0 Å². The van der Waals surface area contributed by atoms with Crippen LogP contribution in [0.1, 0.15) is 13.3 Å². The molecule has 1 unspecified atom stereocenters. The molecule has 0 saturated heterocycles. The Balaban J connectivity index is 3.63. The third-order valence-corrected chi connectivity index (χ3v) is 1.72. The fraction of sp³-hybridized carbons (Fsp3) is 0.857. The first-order valence-corrected chi connectivity index (χ1v) is 3.72. The molecular weight excluding hydrogens is 142 g/mol. The van der Waals surface area contributed by atoms with Crippen LogP contribution in [-0.2, 0) is 0 Å². The van der Waals surface area contributed by atoms with Crippen molar-refractivity contribution >= 4 is 5.84 Å². The van der Waals surface area contributed by atoms with Gasteiger partial charge in [0.05, 0.1) is 12.4 Å². The summed E-state index contributed by atoms with van der Waals surface area (Å²) in [6.45, 7) is 2.77. The van der Waals surface area contributed by atoms with Crippen molar-refractivity contribution in [3.05, 3.63) is 0 Å². The van der Waals surface area contributed by atoms with Crippen molar-refractivity contribution in [3.63, 3.8) is 0 Å². The van der Waals surface area contributed by atoms with Gasteiger partial charge in [0.2, 0.25) is 0 Å². The van der Waals surface area contributed by atoms with E-state index in [0.717, 1.165) is 0 Å². The lowest BCUT2D eigenvalue weighted by Crippen LogP contribution is -2.34. The van der Waals surface area contributed by atoms with Crippen molar-refractivity contribution < 1.29 is 5.11 Å². The van der Waals surface area contributed by atoms with Gasteiger partial charge in [0.15, 0.2) is 0 Å². The highest BCUT2D eigenvalue weighted by molar-refractivity contribution is 5.77. The van der Waals surface area contributed by atoms with Gasteiger partial charge in [0.25, 0.3) is 0 Å². The Morgan fingerprint density at radius 3 is 2.64 bits per heavy atom. The second-order valence-corrected chi connectivity index (χ2v) is 2.78. The first kappa shape index (κ1) is 10.4. The molecule has 0 radical (unpaired) electrons. The van der Waals surface area contributed by atoms with E-state index in [4.69, 9.17) is 16.2 Å². The maximum absolute atomic E-state index is 8.59. The smallest absolute Gasteiger partial charge is 0.0920 e. The Morgan fingerprint density at radius 2 is 2.27 bits per heavy atom. The Kier molecular flexibility index (Phi) is 4.81. The highest BCUT2D eigenvalue weighted by atomic mass is 16.3. The highest BCUT2D eigenvalue weighted by Crippen LogP contribution is 1.98. The van der Waals surface area contributed by atoms with Gasteiger partial charge >= 0.3 is 0 Å². The Morgan fingerprint density at radius 1 is 1.73 bits per heavy atom. The number of rotatable bonds is 5. The Bertz CT molecular complexity index is 127. The molecule has 0 aliphatic rings. The van der Waals surface area contributed by atoms with Gasteiger partial charge in [-0.25, -0.2) is 0 Å². The molecule has 0 aliphatic carbocycles. The minimum Gasteiger partial charge on any atom is -0.395 e. The van der Waals surface area contributed by atoms with Crippen LogP contribution in [0.3, 0.4) is 0 Å². The predicted molar refractivity (Wildman–Crippen MR) is 45.7 cm³/mol. The van der Waals surface area contributed by atoms with Gasteiger partial charge in [-0.05, 0) is 14.0 Å². The molecule has 66 valence electrons. The monoisotopic (exact) mass is 159 g/mol. The predicted octanol–water partition coefficient (Wildman–Crippen LogP) is -0.375. The van der Waals surface area contributed by atoms with Crippen LogP contribution < -0.4 is 5.73 Å². The summed E-state index contributed by atoms with van der Waals surface area (Å²) in [6.07, 6.45) is 0.566. The van der Waals surface area contributed by atoms with Gasteiger partial charge in [-0.2, -0.15) is 0 Å². The average Bonchev–Trinajstić information content (AvgIpc) is 1.86. The van der Waals surface area contributed by atoms with E-state index in [1.807, 2.05) is 18.9 Å². The van der Waals surface area contributed by atoms with E-state index in [2.05, 4.69) is 0 Å². The average molecular weight is 159 g/mol. The van der Waals surface area contributed by atoms with E-state index in [-0.39, 0.29) is 18.5 Å². The van der Waals surface area contributed by atoms with Gasteiger partial charge < -0.3 is 15.7 Å². The highest BCUT2D eigenvalue weighted by Gasteiger charge is 2.08. The maximum atomic E-state index is 8.59. The van der Waals surface area contributed by atoms with Crippen LogP contribution in [-0.4, -0.2) is 42.1 Å². The van der Waals surface area contributed by atoms with Gasteiger partial charge in [-0.15, -0.1) is 0 Å². The molecule has 0 amide bonds. The third kappa shape index (κ3) is 4.75. The quantitative estimate of drug-likeness (QED) is 0.378.